The fraction of sp³-hybridized carbons (Fsp3) is 0.0886. The number of hydrogen-bond donors (Lipinski definition) is 0. The van der Waals surface area contributed by atoms with Crippen LogP contribution in [0, 0.1) is 24.3 Å². The molecule has 0 aliphatic carbocycles. The molecule has 0 bridgehead atoms. The van der Waals surface area contributed by atoms with Crippen LogP contribution in [0.1, 0.15) is 17.7 Å². The van der Waals surface area contributed by atoms with Crippen molar-refractivity contribution in [1.29, 1.82) is 0 Å². The molecule has 0 saturated carbocycles. The molecule has 18 heteroatoms. The van der Waals surface area contributed by atoms with Crippen LogP contribution in [0.4, 0.5) is 0 Å². The number of nitrogens with zero attached hydrogens (tertiary/aromatic N) is 8. The van der Waals surface area contributed by atoms with Gasteiger partial charge in [0.2, 0.25) is 0 Å². The summed E-state index contributed by atoms with van der Waals surface area (Å²) in [4.78, 5) is 18.7. The normalized spacial score (nSPS) is 14.4. The van der Waals surface area contributed by atoms with Crippen molar-refractivity contribution < 1.29 is 93.7 Å². The van der Waals surface area contributed by atoms with Gasteiger partial charge in [-0.1, -0.05) is 149 Å². The molecule has 4 aliphatic rings. The van der Waals surface area contributed by atoms with E-state index in [4.69, 9.17) is 18.3 Å². The molecule has 0 unspecified atom stereocenters. The van der Waals surface area contributed by atoms with Crippen molar-refractivity contribution in [3.8, 4) is 17.5 Å². The van der Waals surface area contributed by atoms with E-state index in [1.165, 1.54) is 103 Å². The molecule has 4 aliphatic heterocycles. The Balaban J connectivity index is 0.000000106. The third-order valence-corrected chi connectivity index (χ3v) is 28.2. The minimum absolute atomic E-state index is 0. The Morgan fingerprint density at radius 3 is 1.34 bits per heavy atom. The summed E-state index contributed by atoms with van der Waals surface area (Å²) in [5, 5.41) is 20.4. The second-order valence-corrected chi connectivity index (χ2v) is 36.3. The minimum atomic E-state index is -2.78. The second-order valence-electron chi connectivity index (χ2n) is 25.5. The third-order valence-electron chi connectivity index (χ3n) is 19.5. The average Bonchev–Trinajstić information content (AvgIpc) is 1.70. The summed E-state index contributed by atoms with van der Waals surface area (Å²) in [5.74, 6) is 2.65. The maximum Gasteiger partial charge on any atom is 0.350 e. The van der Waals surface area contributed by atoms with Gasteiger partial charge >= 0.3 is 8.32 Å². The van der Waals surface area contributed by atoms with E-state index in [-0.39, 0.29) is 80.4 Å². The van der Waals surface area contributed by atoms with Crippen LogP contribution in [0.5, 0.6) is 17.5 Å². The van der Waals surface area contributed by atoms with Crippen molar-refractivity contribution >= 4 is 160 Å². The Morgan fingerprint density at radius 1 is 0.351 bits per heavy atom. The summed E-state index contributed by atoms with van der Waals surface area (Å²) in [5.41, 5.74) is 11.6. The Labute approximate surface area is 615 Å². The van der Waals surface area contributed by atoms with Crippen LogP contribution in [-0.4, -0.2) is 62.5 Å². The Bertz CT molecular complexity index is 6160. The van der Waals surface area contributed by atoms with Gasteiger partial charge in [0.25, 0.3) is 16.6 Å². The predicted octanol–water partition coefficient (Wildman–Crippen LogP) is 14.2. The van der Waals surface area contributed by atoms with Crippen LogP contribution in [0.25, 0.3) is 109 Å². The topological polar surface area (TPSA) is 96.9 Å². The summed E-state index contributed by atoms with van der Waals surface area (Å²) in [6, 6.07) is 85.6. The first-order valence-electron chi connectivity index (χ1n) is 31.7. The van der Waals surface area contributed by atoms with E-state index in [0.717, 1.165) is 80.0 Å². The average molecular weight is 2020 g/mol. The monoisotopic (exact) mass is 2020 g/mol. The Morgan fingerprint density at radius 2 is 0.784 bits per heavy atom. The van der Waals surface area contributed by atoms with Gasteiger partial charge in [-0.25, -0.2) is 0 Å². The van der Waals surface area contributed by atoms with Gasteiger partial charge in [-0.2, -0.15) is 0 Å². The number of hydrogen-bond acceptors (Lipinski definition) is 7. The van der Waals surface area contributed by atoms with Gasteiger partial charge in [-0.15, -0.1) is 119 Å². The number of fused-ring (bicyclic) bond motifs is 12. The number of rotatable bonds is 2. The van der Waals surface area contributed by atoms with E-state index in [9.17, 15) is 0 Å². The van der Waals surface area contributed by atoms with Crippen molar-refractivity contribution in [2.75, 3.05) is 0 Å². The summed E-state index contributed by atoms with van der Waals surface area (Å²) in [7, 11) is -6.69. The number of pyridine rings is 4. The number of para-hydroxylation sites is 4. The predicted molar refractivity (Wildman–Crippen MR) is 382 cm³/mol. The minimum Gasteiger partial charge on any atom is -0.537 e. The zero-order valence-corrected chi connectivity index (χ0v) is 65.3. The molecule has 18 aromatic rings. The van der Waals surface area contributed by atoms with Crippen LogP contribution in [0.3, 0.4) is 0 Å². The number of aryl methyl sites for hydroxylation is 2. The molecule has 0 N–H and O–H groups in total. The van der Waals surface area contributed by atoms with Crippen LogP contribution in [0.15, 0.2) is 231 Å². The zero-order chi connectivity index (χ0) is 61.9. The van der Waals surface area contributed by atoms with Gasteiger partial charge in [0, 0.05) is 125 Å². The first kappa shape index (κ1) is 64.7. The summed E-state index contributed by atoms with van der Waals surface area (Å²) < 4.78 is 28.7. The fourth-order valence-electron chi connectivity index (χ4n) is 15.5. The first-order chi connectivity index (χ1) is 45.6. The standard InChI is InChI=1S/C27H17N2OSi.C18H13N2.2C17H13N2OSi.4Ir/c1-3-10-19(11-4-1)31(20-12-5-2-6-13-20)24-17-9-16-22-21-14-7-8-15-23(21)27-28-18-25(30-31)29(27)26(22)24;1-2-9-16-14(8-1)15-10-4-6-12-5-3-7-13-11-19-18(16)20(13)17(12)15;1-21(2)14-9-5-8-12-11-6-3-4-7-13(11)17-18-10-15(20-21)19(17)16(12)14;1-21(2)15-10-18-17-13-7-4-3-6-11(13)12-8-5-9-14(20-21)16(12)19(15)17;;;;/h1-14,16-18H;1-2,4,6,8,10-11H,3,5,7H2;2*3-6,8-10H,1-2H3;;;;/q4*-1;;;;. The smallest absolute Gasteiger partial charge is 0.350 e. The number of imidazole rings is 4. The van der Waals surface area contributed by atoms with Gasteiger partial charge in [-0.3, -0.25) is 19.9 Å². The number of benzene rings is 10. The molecule has 4 radical (unpaired) electrons. The molecule has 97 heavy (non-hydrogen) atoms. The van der Waals surface area contributed by atoms with Gasteiger partial charge in [0.05, 0.1) is 45.8 Å². The molecule has 0 amide bonds. The van der Waals surface area contributed by atoms with E-state index >= 15 is 0 Å². The SMILES string of the molecule is C[Si]1(C)Oc2cccc3c4ccc[c-]c4c4ncc1n4c23.C[Si]1(C)Oc2cnc3c4[c-]cccc4c4cccc1c4n23.[Ir].[Ir].[Ir].[Ir].[c-]1cccc2c1c1ncc3n1c1c(cccc21)CCC3.[c-]1cccc2c1c1ncc3n1c1c(cccc21)[Si](c1ccccc1)(c1ccccc1)O3. The van der Waals surface area contributed by atoms with Crippen LogP contribution in [-0.2, 0) is 93.3 Å². The molecule has 12 heterocycles. The first-order valence-corrected chi connectivity index (χ1v) is 39.4. The maximum atomic E-state index is 7.07. The van der Waals surface area contributed by atoms with Gasteiger partial charge in [0.1, 0.15) is 5.75 Å². The van der Waals surface area contributed by atoms with E-state index < -0.39 is 25.0 Å². The molecular formula is C79H56Ir4N8O3Si3-4. The van der Waals surface area contributed by atoms with Crippen molar-refractivity contribution in [2.24, 2.45) is 0 Å². The molecule has 0 atom stereocenters. The molecule has 0 fully saturated rings. The molecule has 0 spiro atoms. The summed E-state index contributed by atoms with van der Waals surface area (Å²) in [6.45, 7) is 8.92. The summed E-state index contributed by atoms with van der Waals surface area (Å²) in [6.07, 6.45) is 11.2. The second kappa shape index (κ2) is 24.6. The molecule has 482 valence electrons. The largest absolute Gasteiger partial charge is 0.537 e. The van der Waals surface area contributed by atoms with Gasteiger partial charge < -0.3 is 30.9 Å². The van der Waals surface area contributed by atoms with Crippen LogP contribution >= 0.6 is 0 Å². The van der Waals surface area contributed by atoms with E-state index in [1.807, 2.05) is 61.2 Å². The van der Waals surface area contributed by atoms with Crippen molar-refractivity contribution in [1.82, 2.24) is 37.5 Å². The van der Waals surface area contributed by atoms with Crippen molar-refractivity contribution in [2.45, 2.75) is 45.5 Å². The number of aromatic nitrogens is 8. The van der Waals surface area contributed by atoms with Crippen LogP contribution in [0.2, 0.25) is 26.2 Å². The van der Waals surface area contributed by atoms with Gasteiger partial charge in [0.15, 0.2) is 11.8 Å². The van der Waals surface area contributed by atoms with E-state index in [1.54, 1.807) is 0 Å². The molecule has 11 nitrogen and oxygen atoms in total. The molecule has 0 saturated heterocycles. The summed E-state index contributed by atoms with van der Waals surface area (Å²) >= 11 is 0. The molecule has 10 aromatic carbocycles. The Kier molecular flexibility index (Phi) is 16.4. The van der Waals surface area contributed by atoms with Crippen LogP contribution < -0.4 is 39.3 Å². The maximum absolute atomic E-state index is 7.07. The van der Waals surface area contributed by atoms with Crippen molar-refractivity contribution in [3.63, 3.8) is 0 Å². The zero-order valence-electron chi connectivity index (χ0n) is 52.7. The molecule has 8 aromatic heterocycles. The quantitative estimate of drug-likeness (QED) is 0.0966. The molecule has 22 rings (SSSR count). The van der Waals surface area contributed by atoms with E-state index in [0.29, 0.717) is 0 Å². The Hall–Kier alpha value is -8.31. The molecular weight excluding hydrogens is 1960 g/mol. The fourth-order valence-corrected chi connectivity index (χ4v) is 23.5. The third kappa shape index (κ3) is 9.62. The van der Waals surface area contributed by atoms with E-state index in [2.05, 4.69) is 253 Å². The van der Waals surface area contributed by atoms with Gasteiger partial charge in [-0.05, 0) is 89.0 Å². The van der Waals surface area contributed by atoms with Crippen molar-refractivity contribution in [3.05, 3.63) is 267 Å².